The van der Waals surface area contributed by atoms with Gasteiger partial charge in [0.1, 0.15) is 0 Å². The molecule has 4 rings (SSSR count). The molecule has 21 heavy (non-hydrogen) atoms. The van der Waals surface area contributed by atoms with E-state index in [2.05, 4.69) is 53.8 Å². The van der Waals surface area contributed by atoms with E-state index >= 15 is 0 Å². The zero-order chi connectivity index (χ0) is 14.1. The molecule has 1 aliphatic heterocycles. The maximum Gasteiger partial charge on any atom is 0.0208 e. The first-order valence-corrected chi connectivity index (χ1v) is 8.27. The van der Waals surface area contributed by atoms with Crippen LogP contribution in [0.1, 0.15) is 53.4 Å². The third-order valence-corrected chi connectivity index (χ3v) is 5.24. The van der Waals surface area contributed by atoms with E-state index in [0.29, 0.717) is 5.92 Å². The van der Waals surface area contributed by atoms with Crippen molar-refractivity contribution in [1.82, 2.24) is 5.32 Å². The Bertz CT molecular complexity index is 610. The van der Waals surface area contributed by atoms with Gasteiger partial charge in [-0.05, 0) is 47.4 Å². The summed E-state index contributed by atoms with van der Waals surface area (Å²) in [6, 6.07) is 18.3. The van der Waals surface area contributed by atoms with E-state index < -0.39 is 0 Å². The molecular weight excluding hydrogens is 254 g/mol. The zero-order valence-corrected chi connectivity index (χ0v) is 12.5. The molecule has 0 aromatic heterocycles. The van der Waals surface area contributed by atoms with Gasteiger partial charge >= 0.3 is 0 Å². The molecule has 1 heterocycles. The van der Waals surface area contributed by atoms with Crippen molar-refractivity contribution in [2.45, 2.75) is 44.1 Å². The molecule has 1 aliphatic carbocycles. The minimum Gasteiger partial charge on any atom is -0.312 e. The molecule has 2 aromatic carbocycles. The molecule has 0 radical (unpaired) electrons. The predicted octanol–water partition coefficient (Wildman–Crippen LogP) is 4.38. The maximum atomic E-state index is 3.56. The summed E-state index contributed by atoms with van der Waals surface area (Å²) in [6.45, 7) is 2.12. The molecule has 1 unspecified atom stereocenters. The summed E-state index contributed by atoms with van der Waals surface area (Å²) in [7, 11) is 0. The Hall–Kier alpha value is -1.60. The normalized spacial score (nSPS) is 21.6. The average molecular weight is 277 g/mol. The van der Waals surface area contributed by atoms with Gasteiger partial charge in [0.15, 0.2) is 0 Å². The van der Waals surface area contributed by atoms with E-state index in [1.165, 1.54) is 30.4 Å². The molecule has 1 heteroatoms. The van der Waals surface area contributed by atoms with Crippen LogP contribution in [-0.2, 0) is 13.0 Å². The van der Waals surface area contributed by atoms with E-state index in [1.54, 1.807) is 11.1 Å². The van der Waals surface area contributed by atoms with Crippen LogP contribution in [0.25, 0.3) is 0 Å². The summed E-state index contributed by atoms with van der Waals surface area (Å²) in [6.07, 6.45) is 5.34. The molecular formula is C20H23N. The second-order valence-corrected chi connectivity index (χ2v) is 6.60. The Kier molecular flexibility index (Phi) is 3.52. The van der Waals surface area contributed by atoms with Crippen molar-refractivity contribution in [2.24, 2.45) is 0 Å². The van der Waals surface area contributed by atoms with Crippen molar-refractivity contribution in [2.75, 3.05) is 6.54 Å². The van der Waals surface area contributed by atoms with Crippen LogP contribution < -0.4 is 5.32 Å². The Morgan fingerprint density at radius 1 is 0.952 bits per heavy atom. The minimum atomic E-state index is 0.615. The predicted molar refractivity (Wildman–Crippen MR) is 87.6 cm³/mol. The number of benzene rings is 2. The molecule has 2 aliphatic rings. The molecule has 0 amide bonds. The lowest BCUT2D eigenvalue weighted by Gasteiger charge is -2.27. The summed E-state index contributed by atoms with van der Waals surface area (Å²) < 4.78 is 0. The van der Waals surface area contributed by atoms with Crippen LogP contribution in [0, 0.1) is 0 Å². The lowest BCUT2D eigenvalue weighted by atomic mass is 9.79. The second kappa shape index (κ2) is 5.65. The van der Waals surface area contributed by atoms with E-state index in [1.807, 2.05) is 0 Å². The van der Waals surface area contributed by atoms with Crippen LogP contribution in [-0.4, -0.2) is 6.54 Å². The molecule has 2 aromatic rings. The van der Waals surface area contributed by atoms with Gasteiger partial charge in [0.05, 0.1) is 0 Å². The molecule has 0 saturated heterocycles. The standard InChI is InChI=1S/C20H23N/c1-2-7-20-18(4-1)13-21-14-19(20)12-15-8-10-17(11-9-15)16-5-3-6-16/h1-2,4,7-11,16,19,21H,3,5-6,12-14H2. The van der Waals surface area contributed by atoms with Crippen molar-refractivity contribution in [3.63, 3.8) is 0 Å². The Morgan fingerprint density at radius 3 is 2.52 bits per heavy atom. The van der Waals surface area contributed by atoms with Crippen LogP contribution >= 0.6 is 0 Å². The fourth-order valence-electron chi connectivity index (χ4n) is 3.72. The van der Waals surface area contributed by atoms with Gasteiger partial charge in [-0.2, -0.15) is 0 Å². The van der Waals surface area contributed by atoms with Crippen molar-refractivity contribution >= 4 is 0 Å². The Labute approximate surface area is 127 Å². The highest BCUT2D eigenvalue weighted by molar-refractivity contribution is 5.35. The number of fused-ring (bicyclic) bond motifs is 1. The molecule has 0 bridgehead atoms. The number of hydrogen-bond donors (Lipinski definition) is 1. The number of rotatable bonds is 3. The molecule has 1 atom stereocenters. The molecule has 108 valence electrons. The Morgan fingerprint density at radius 2 is 1.76 bits per heavy atom. The average Bonchev–Trinajstić information content (AvgIpc) is 2.48. The van der Waals surface area contributed by atoms with Crippen LogP contribution in [0.4, 0.5) is 0 Å². The van der Waals surface area contributed by atoms with Crippen LogP contribution in [0.5, 0.6) is 0 Å². The fraction of sp³-hybridized carbons (Fsp3) is 0.400. The third-order valence-electron chi connectivity index (χ3n) is 5.24. The first kappa shape index (κ1) is 13.1. The highest BCUT2D eigenvalue weighted by Crippen LogP contribution is 2.36. The maximum absolute atomic E-state index is 3.56. The first-order valence-electron chi connectivity index (χ1n) is 8.27. The lowest BCUT2D eigenvalue weighted by Crippen LogP contribution is -2.29. The van der Waals surface area contributed by atoms with Gasteiger partial charge in [-0.15, -0.1) is 0 Å². The van der Waals surface area contributed by atoms with Gasteiger partial charge in [0, 0.05) is 19.0 Å². The van der Waals surface area contributed by atoms with Crippen molar-refractivity contribution < 1.29 is 0 Å². The molecule has 1 nitrogen and oxygen atoms in total. The van der Waals surface area contributed by atoms with Gasteiger partial charge in [-0.25, -0.2) is 0 Å². The van der Waals surface area contributed by atoms with Crippen LogP contribution in [0.15, 0.2) is 48.5 Å². The highest BCUT2D eigenvalue weighted by Gasteiger charge is 2.21. The SMILES string of the molecule is c1ccc2c(c1)CNCC2Cc1ccc(C2CCC2)cc1. The summed E-state index contributed by atoms with van der Waals surface area (Å²) in [5, 5.41) is 3.56. The topological polar surface area (TPSA) is 12.0 Å². The van der Waals surface area contributed by atoms with Gasteiger partial charge < -0.3 is 5.32 Å². The van der Waals surface area contributed by atoms with E-state index in [0.717, 1.165) is 25.4 Å². The largest absolute Gasteiger partial charge is 0.312 e. The lowest BCUT2D eigenvalue weighted by molar-refractivity contribution is 0.419. The van der Waals surface area contributed by atoms with Crippen molar-refractivity contribution in [1.29, 1.82) is 0 Å². The van der Waals surface area contributed by atoms with Crippen molar-refractivity contribution in [3.8, 4) is 0 Å². The molecule has 0 spiro atoms. The van der Waals surface area contributed by atoms with E-state index in [4.69, 9.17) is 0 Å². The van der Waals surface area contributed by atoms with Crippen molar-refractivity contribution in [3.05, 3.63) is 70.8 Å². The van der Waals surface area contributed by atoms with E-state index in [-0.39, 0.29) is 0 Å². The number of hydrogen-bond acceptors (Lipinski definition) is 1. The monoisotopic (exact) mass is 277 g/mol. The van der Waals surface area contributed by atoms with Gasteiger partial charge in [-0.3, -0.25) is 0 Å². The summed E-state index contributed by atoms with van der Waals surface area (Å²) >= 11 is 0. The van der Waals surface area contributed by atoms with Gasteiger partial charge in [0.25, 0.3) is 0 Å². The molecule has 1 fully saturated rings. The Balaban J connectivity index is 1.51. The summed E-state index contributed by atoms with van der Waals surface area (Å²) in [5.74, 6) is 1.46. The molecule has 1 N–H and O–H groups in total. The fourth-order valence-corrected chi connectivity index (χ4v) is 3.72. The zero-order valence-electron chi connectivity index (χ0n) is 12.5. The second-order valence-electron chi connectivity index (χ2n) is 6.60. The van der Waals surface area contributed by atoms with Crippen LogP contribution in [0.2, 0.25) is 0 Å². The smallest absolute Gasteiger partial charge is 0.0208 e. The summed E-state index contributed by atoms with van der Waals surface area (Å²) in [4.78, 5) is 0. The van der Waals surface area contributed by atoms with Gasteiger partial charge in [-0.1, -0.05) is 55.0 Å². The van der Waals surface area contributed by atoms with Crippen LogP contribution in [0.3, 0.4) is 0 Å². The third kappa shape index (κ3) is 2.63. The number of nitrogens with one attached hydrogen (secondary N) is 1. The highest BCUT2D eigenvalue weighted by atomic mass is 14.9. The summed E-state index contributed by atoms with van der Waals surface area (Å²) in [5.41, 5.74) is 6.04. The van der Waals surface area contributed by atoms with E-state index in [9.17, 15) is 0 Å². The quantitative estimate of drug-likeness (QED) is 0.877. The molecule has 1 saturated carbocycles. The minimum absolute atomic E-state index is 0.615. The van der Waals surface area contributed by atoms with Gasteiger partial charge in [0.2, 0.25) is 0 Å². The first-order chi connectivity index (χ1) is 10.4.